The molecule has 0 saturated heterocycles. The molecule has 0 heterocycles. The summed E-state index contributed by atoms with van der Waals surface area (Å²) in [6.07, 6.45) is 2.07. The van der Waals surface area contributed by atoms with Crippen LogP contribution in [0.5, 0.6) is 5.75 Å². The van der Waals surface area contributed by atoms with Crippen LogP contribution >= 0.6 is 23.5 Å². The topological polar surface area (TPSA) is 20.2 Å². The second-order valence-corrected chi connectivity index (χ2v) is 5.30. The zero-order valence-electron chi connectivity index (χ0n) is 8.88. The highest BCUT2D eigenvalue weighted by atomic mass is 32.2. The maximum absolute atomic E-state index is 9.37. The summed E-state index contributed by atoms with van der Waals surface area (Å²) in [4.78, 5) is 3.50. The smallest absolute Gasteiger partial charge is 0.116 e. The molecule has 2 aromatic carbocycles. The number of hydrogen-bond donors (Lipinski definition) is 1. The summed E-state index contributed by atoms with van der Waals surface area (Å²) in [6, 6.07) is 15.7. The number of thioether (sulfide) groups is 1. The number of rotatable bonds is 3. The maximum Gasteiger partial charge on any atom is 0.116 e. The van der Waals surface area contributed by atoms with E-state index >= 15 is 0 Å². The third-order valence-electron chi connectivity index (χ3n) is 2.09. The molecule has 0 aliphatic rings. The van der Waals surface area contributed by atoms with Crippen molar-refractivity contribution in [2.24, 2.45) is 0 Å². The van der Waals surface area contributed by atoms with Crippen molar-refractivity contribution in [1.82, 2.24) is 0 Å². The first-order valence-corrected chi connectivity index (χ1v) is 6.93. The minimum absolute atomic E-state index is 0.311. The Morgan fingerprint density at radius 3 is 2.19 bits per heavy atom. The Morgan fingerprint density at radius 2 is 1.50 bits per heavy atom. The number of benzene rings is 2. The van der Waals surface area contributed by atoms with Gasteiger partial charge in [-0.2, -0.15) is 0 Å². The van der Waals surface area contributed by atoms with Crippen LogP contribution in [0.1, 0.15) is 0 Å². The van der Waals surface area contributed by atoms with E-state index in [1.807, 2.05) is 12.1 Å². The molecule has 0 saturated carbocycles. The molecule has 0 atom stereocenters. The SMILES string of the molecule is CSc1cccc(Sc2cccc(O)c2)c1. The monoisotopic (exact) mass is 248 g/mol. The largest absolute Gasteiger partial charge is 0.508 e. The van der Waals surface area contributed by atoms with E-state index in [9.17, 15) is 5.11 Å². The van der Waals surface area contributed by atoms with Crippen LogP contribution in [0.2, 0.25) is 0 Å². The number of aromatic hydroxyl groups is 1. The number of phenols is 1. The normalized spacial score (nSPS) is 10.3. The van der Waals surface area contributed by atoms with Gasteiger partial charge in [0.05, 0.1) is 0 Å². The lowest BCUT2D eigenvalue weighted by Crippen LogP contribution is -1.75. The molecule has 2 aromatic rings. The third-order valence-corrected chi connectivity index (χ3v) is 3.80. The van der Waals surface area contributed by atoms with Gasteiger partial charge in [0.25, 0.3) is 0 Å². The Bertz CT molecular complexity index is 483. The van der Waals surface area contributed by atoms with E-state index in [1.165, 1.54) is 9.79 Å². The van der Waals surface area contributed by atoms with Crippen LogP contribution in [0.25, 0.3) is 0 Å². The van der Waals surface area contributed by atoms with E-state index in [1.54, 1.807) is 35.7 Å². The first-order valence-electron chi connectivity index (χ1n) is 4.89. The first kappa shape index (κ1) is 11.4. The average Bonchev–Trinajstić information content (AvgIpc) is 2.29. The van der Waals surface area contributed by atoms with E-state index in [0.29, 0.717) is 5.75 Å². The molecule has 2 rings (SSSR count). The summed E-state index contributed by atoms with van der Waals surface area (Å²) >= 11 is 3.39. The summed E-state index contributed by atoms with van der Waals surface area (Å²) in [7, 11) is 0. The molecule has 0 aliphatic carbocycles. The van der Waals surface area contributed by atoms with Gasteiger partial charge in [0.2, 0.25) is 0 Å². The van der Waals surface area contributed by atoms with E-state index in [-0.39, 0.29) is 0 Å². The molecule has 0 unspecified atom stereocenters. The third kappa shape index (κ3) is 2.97. The maximum atomic E-state index is 9.37. The summed E-state index contributed by atoms with van der Waals surface area (Å²) < 4.78 is 0. The summed E-state index contributed by atoms with van der Waals surface area (Å²) in [5.74, 6) is 0.311. The standard InChI is InChI=1S/C13H12OS2/c1-15-11-5-3-7-13(9-11)16-12-6-2-4-10(14)8-12/h2-9,14H,1H3. The first-order chi connectivity index (χ1) is 7.78. The molecule has 0 fully saturated rings. The Kier molecular flexibility index (Phi) is 3.80. The van der Waals surface area contributed by atoms with Crippen molar-refractivity contribution in [1.29, 1.82) is 0 Å². The summed E-state index contributed by atoms with van der Waals surface area (Å²) in [6.45, 7) is 0. The predicted molar refractivity (Wildman–Crippen MR) is 70.5 cm³/mol. The molecule has 1 nitrogen and oxygen atoms in total. The van der Waals surface area contributed by atoms with Crippen molar-refractivity contribution in [3.63, 3.8) is 0 Å². The van der Waals surface area contributed by atoms with Gasteiger partial charge in [-0.15, -0.1) is 11.8 Å². The summed E-state index contributed by atoms with van der Waals surface area (Å²) in [5, 5.41) is 9.37. The van der Waals surface area contributed by atoms with Gasteiger partial charge >= 0.3 is 0 Å². The van der Waals surface area contributed by atoms with Crippen LogP contribution in [-0.2, 0) is 0 Å². The van der Waals surface area contributed by atoms with Crippen molar-refractivity contribution in [3.8, 4) is 5.75 Å². The molecule has 0 bridgehead atoms. The van der Waals surface area contributed by atoms with Gasteiger partial charge in [-0.1, -0.05) is 23.9 Å². The second kappa shape index (κ2) is 5.32. The fraction of sp³-hybridized carbons (Fsp3) is 0.0769. The number of hydrogen-bond acceptors (Lipinski definition) is 3. The Balaban J connectivity index is 2.20. The quantitative estimate of drug-likeness (QED) is 0.819. The van der Waals surface area contributed by atoms with Crippen molar-refractivity contribution < 1.29 is 5.11 Å². The lowest BCUT2D eigenvalue weighted by molar-refractivity contribution is 0.474. The second-order valence-electron chi connectivity index (χ2n) is 3.28. The zero-order valence-corrected chi connectivity index (χ0v) is 10.5. The van der Waals surface area contributed by atoms with Gasteiger partial charge < -0.3 is 5.11 Å². The predicted octanol–water partition coefficient (Wildman–Crippen LogP) is 4.27. The van der Waals surface area contributed by atoms with Gasteiger partial charge in [-0.25, -0.2) is 0 Å². The van der Waals surface area contributed by atoms with Gasteiger partial charge in [-0.05, 0) is 42.7 Å². The van der Waals surface area contributed by atoms with E-state index < -0.39 is 0 Å². The van der Waals surface area contributed by atoms with E-state index in [4.69, 9.17) is 0 Å². The summed E-state index contributed by atoms with van der Waals surface area (Å²) in [5.41, 5.74) is 0. The molecule has 0 amide bonds. The van der Waals surface area contributed by atoms with Crippen molar-refractivity contribution in [2.45, 2.75) is 14.7 Å². The van der Waals surface area contributed by atoms with Gasteiger partial charge in [-0.3, -0.25) is 0 Å². The van der Waals surface area contributed by atoms with Crippen LogP contribution < -0.4 is 0 Å². The Hall–Kier alpha value is -1.06. The highest BCUT2D eigenvalue weighted by molar-refractivity contribution is 7.99. The molecule has 0 aromatic heterocycles. The molecule has 0 radical (unpaired) electrons. The van der Waals surface area contributed by atoms with Gasteiger partial charge in [0.15, 0.2) is 0 Å². The average molecular weight is 248 g/mol. The lowest BCUT2D eigenvalue weighted by Gasteiger charge is -2.03. The van der Waals surface area contributed by atoms with E-state index in [0.717, 1.165) is 4.90 Å². The Labute approximate surface area is 104 Å². The minimum Gasteiger partial charge on any atom is -0.508 e. The number of phenolic OH excluding ortho intramolecular Hbond substituents is 1. The Morgan fingerprint density at radius 1 is 0.875 bits per heavy atom. The van der Waals surface area contributed by atoms with Gasteiger partial charge in [0.1, 0.15) is 5.75 Å². The minimum atomic E-state index is 0.311. The van der Waals surface area contributed by atoms with Crippen LogP contribution in [-0.4, -0.2) is 11.4 Å². The van der Waals surface area contributed by atoms with Crippen molar-refractivity contribution >= 4 is 23.5 Å². The highest BCUT2D eigenvalue weighted by Gasteiger charge is 1.99. The van der Waals surface area contributed by atoms with Crippen LogP contribution in [0.4, 0.5) is 0 Å². The molecule has 3 heteroatoms. The fourth-order valence-corrected chi connectivity index (χ4v) is 2.81. The fourth-order valence-electron chi connectivity index (χ4n) is 1.35. The van der Waals surface area contributed by atoms with Gasteiger partial charge in [0, 0.05) is 14.7 Å². The molecule has 82 valence electrons. The van der Waals surface area contributed by atoms with E-state index in [2.05, 4.69) is 30.5 Å². The zero-order chi connectivity index (χ0) is 11.4. The molecule has 0 aliphatic heterocycles. The molecular weight excluding hydrogens is 236 g/mol. The molecule has 16 heavy (non-hydrogen) atoms. The van der Waals surface area contributed by atoms with Crippen molar-refractivity contribution in [2.75, 3.05) is 6.26 Å². The molecule has 1 N–H and O–H groups in total. The van der Waals surface area contributed by atoms with Crippen LogP contribution in [0.3, 0.4) is 0 Å². The van der Waals surface area contributed by atoms with Crippen molar-refractivity contribution in [3.05, 3.63) is 48.5 Å². The van der Waals surface area contributed by atoms with Crippen LogP contribution in [0.15, 0.2) is 63.2 Å². The molecule has 0 spiro atoms. The highest BCUT2D eigenvalue weighted by Crippen LogP contribution is 2.31. The lowest BCUT2D eigenvalue weighted by atomic mass is 10.3. The van der Waals surface area contributed by atoms with Crippen LogP contribution in [0, 0.1) is 0 Å². The molecular formula is C13H12OS2.